The van der Waals surface area contributed by atoms with Gasteiger partial charge in [0.2, 0.25) is 0 Å². The van der Waals surface area contributed by atoms with E-state index in [0.717, 1.165) is 45.2 Å². The fourth-order valence-electron chi connectivity index (χ4n) is 2.81. The van der Waals surface area contributed by atoms with Gasteiger partial charge in [-0.2, -0.15) is 0 Å². The molecule has 23 heavy (non-hydrogen) atoms. The van der Waals surface area contributed by atoms with Gasteiger partial charge in [0, 0.05) is 51.9 Å². The molecule has 5 nitrogen and oxygen atoms in total. The molecule has 6 heteroatoms. The van der Waals surface area contributed by atoms with Gasteiger partial charge in [0.1, 0.15) is 0 Å². The van der Waals surface area contributed by atoms with Crippen LogP contribution in [-0.4, -0.2) is 57.8 Å². The Kier molecular flexibility index (Phi) is 10.0. The number of halogens is 1. The molecular formula is C17H29IN4O. The Morgan fingerprint density at radius 3 is 2.78 bits per heavy atom. The number of ether oxygens (including phenoxy) is 1. The lowest BCUT2D eigenvalue weighted by Crippen LogP contribution is -2.40. The van der Waals surface area contributed by atoms with Crippen molar-refractivity contribution in [3.63, 3.8) is 0 Å². The molecule has 0 radical (unpaired) electrons. The van der Waals surface area contributed by atoms with Crippen LogP contribution in [0.15, 0.2) is 35.3 Å². The molecule has 1 fully saturated rings. The third-order valence-corrected chi connectivity index (χ3v) is 3.94. The smallest absolute Gasteiger partial charge is 0.193 e. The molecule has 0 bridgehead atoms. The highest BCUT2D eigenvalue weighted by Gasteiger charge is 2.24. The van der Waals surface area contributed by atoms with Crippen LogP contribution in [0.4, 0.5) is 5.69 Å². The van der Waals surface area contributed by atoms with E-state index in [4.69, 9.17) is 4.74 Å². The van der Waals surface area contributed by atoms with Crippen molar-refractivity contribution in [2.75, 3.05) is 52.3 Å². The summed E-state index contributed by atoms with van der Waals surface area (Å²) in [6, 6.07) is 10.3. The number of rotatable bonds is 7. The van der Waals surface area contributed by atoms with Gasteiger partial charge < -0.3 is 20.3 Å². The normalized spacial score (nSPS) is 17.7. The summed E-state index contributed by atoms with van der Waals surface area (Å²) in [7, 11) is 3.63. The highest BCUT2D eigenvalue weighted by atomic mass is 127. The van der Waals surface area contributed by atoms with Crippen LogP contribution in [0.5, 0.6) is 0 Å². The zero-order valence-electron chi connectivity index (χ0n) is 14.1. The monoisotopic (exact) mass is 432 g/mol. The first-order valence-corrected chi connectivity index (χ1v) is 8.07. The molecule has 1 unspecified atom stereocenters. The Balaban J connectivity index is 0.00000264. The molecule has 1 aliphatic rings. The quantitative estimate of drug-likeness (QED) is 0.301. The van der Waals surface area contributed by atoms with Gasteiger partial charge in [0.15, 0.2) is 5.96 Å². The van der Waals surface area contributed by atoms with Gasteiger partial charge in [-0.15, -0.1) is 24.0 Å². The molecule has 1 saturated heterocycles. The lowest BCUT2D eigenvalue weighted by atomic mass is 10.1. The molecule has 1 aromatic rings. The van der Waals surface area contributed by atoms with Crippen molar-refractivity contribution in [2.24, 2.45) is 10.9 Å². The lowest BCUT2D eigenvalue weighted by molar-refractivity contribution is 0.157. The van der Waals surface area contributed by atoms with E-state index >= 15 is 0 Å². The van der Waals surface area contributed by atoms with Gasteiger partial charge in [0.05, 0.1) is 6.61 Å². The predicted molar refractivity (Wildman–Crippen MR) is 108 cm³/mol. The number of likely N-dealkylation sites (tertiary alicyclic amines) is 1. The van der Waals surface area contributed by atoms with E-state index < -0.39 is 0 Å². The Morgan fingerprint density at radius 2 is 2.09 bits per heavy atom. The molecule has 1 heterocycles. The van der Waals surface area contributed by atoms with Gasteiger partial charge in [-0.3, -0.25) is 4.99 Å². The van der Waals surface area contributed by atoms with Crippen molar-refractivity contribution in [2.45, 2.75) is 12.8 Å². The Morgan fingerprint density at radius 1 is 1.30 bits per heavy atom. The lowest BCUT2D eigenvalue weighted by Gasteiger charge is -2.21. The van der Waals surface area contributed by atoms with Crippen molar-refractivity contribution in [3.05, 3.63) is 30.3 Å². The van der Waals surface area contributed by atoms with Crippen molar-refractivity contribution < 1.29 is 4.74 Å². The molecule has 0 aromatic heterocycles. The minimum atomic E-state index is 0. The highest BCUT2D eigenvalue weighted by molar-refractivity contribution is 14.0. The second-order valence-electron chi connectivity index (χ2n) is 5.68. The highest BCUT2D eigenvalue weighted by Crippen LogP contribution is 2.16. The minimum absolute atomic E-state index is 0. The third kappa shape index (κ3) is 6.95. The van der Waals surface area contributed by atoms with E-state index in [1.807, 2.05) is 25.2 Å². The van der Waals surface area contributed by atoms with Crippen LogP contribution < -0.4 is 10.6 Å². The zero-order chi connectivity index (χ0) is 15.6. The van der Waals surface area contributed by atoms with Crippen LogP contribution in [0.25, 0.3) is 0 Å². The van der Waals surface area contributed by atoms with Crippen LogP contribution in [0, 0.1) is 5.92 Å². The standard InChI is InChI=1S/C17H28N4O.HI/c1-18-17(21-12-9-15(13-21)14-22-2)20-11-6-10-19-16-7-4-3-5-8-16;/h3-5,7-8,15,19H,6,9-14H2,1-2H3,(H,18,20);1H. The first-order chi connectivity index (χ1) is 10.8. The van der Waals surface area contributed by atoms with E-state index in [1.54, 1.807) is 7.11 Å². The van der Waals surface area contributed by atoms with Crippen molar-refractivity contribution in [1.82, 2.24) is 10.2 Å². The molecule has 2 rings (SSSR count). The number of nitrogens with one attached hydrogen (secondary N) is 2. The number of guanidine groups is 1. The van der Waals surface area contributed by atoms with Crippen LogP contribution in [0.2, 0.25) is 0 Å². The average molecular weight is 432 g/mol. The number of para-hydroxylation sites is 1. The third-order valence-electron chi connectivity index (χ3n) is 3.94. The number of methoxy groups -OCH3 is 1. The van der Waals surface area contributed by atoms with E-state index in [0.29, 0.717) is 5.92 Å². The zero-order valence-corrected chi connectivity index (χ0v) is 16.5. The number of anilines is 1. The first kappa shape index (κ1) is 20.0. The topological polar surface area (TPSA) is 48.9 Å². The van der Waals surface area contributed by atoms with Gasteiger partial charge in [0.25, 0.3) is 0 Å². The maximum Gasteiger partial charge on any atom is 0.193 e. The molecule has 0 saturated carbocycles. The predicted octanol–water partition coefficient (Wildman–Crippen LogP) is 2.65. The summed E-state index contributed by atoms with van der Waals surface area (Å²) >= 11 is 0. The largest absolute Gasteiger partial charge is 0.385 e. The Hall–Kier alpha value is -1.02. The molecule has 1 aromatic carbocycles. The number of benzene rings is 1. The van der Waals surface area contributed by atoms with Gasteiger partial charge in [-0.05, 0) is 25.0 Å². The van der Waals surface area contributed by atoms with Crippen molar-refractivity contribution in [3.8, 4) is 0 Å². The molecule has 0 spiro atoms. The molecule has 1 aliphatic heterocycles. The van der Waals surface area contributed by atoms with Crippen LogP contribution in [0.3, 0.4) is 0 Å². The number of nitrogens with zero attached hydrogens (tertiary/aromatic N) is 2. The number of hydrogen-bond acceptors (Lipinski definition) is 3. The molecule has 1 atom stereocenters. The van der Waals surface area contributed by atoms with Gasteiger partial charge in [-0.25, -0.2) is 0 Å². The summed E-state index contributed by atoms with van der Waals surface area (Å²) in [5.74, 6) is 1.64. The maximum absolute atomic E-state index is 5.25. The molecular weight excluding hydrogens is 403 g/mol. The summed E-state index contributed by atoms with van der Waals surface area (Å²) in [6.45, 7) is 4.83. The van der Waals surface area contributed by atoms with Crippen molar-refractivity contribution >= 4 is 35.6 Å². The van der Waals surface area contributed by atoms with E-state index in [9.17, 15) is 0 Å². The summed E-state index contributed by atoms with van der Waals surface area (Å²) in [5.41, 5.74) is 1.17. The molecule has 130 valence electrons. The average Bonchev–Trinajstić information content (AvgIpc) is 3.01. The molecule has 2 N–H and O–H groups in total. The van der Waals surface area contributed by atoms with Crippen LogP contribution in [-0.2, 0) is 4.74 Å². The second kappa shape index (κ2) is 11.5. The molecule has 0 aliphatic carbocycles. The summed E-state index contributed by atoms with van der Waals surface area (Å²) < 4.78 is 5.25. The Labute approximate surface area is 156 Å². The fourth-order valence-corrected chi connectivity index (χ4v) is 2.81. The van der Waals surface area contributed by atoms with Crippen LogP contribution >= 0.6 is 24.0 Å². The SMILES string of the molecule is CN=C(NCCCNc1ccccc1)N1CCC(COC)C1.I. The van der Waals surface area contributed by atoms with E-state index in [1.165, 1.54) is 12.1 Å². The minimum Gasteiger partial charge on any atom is -0.385 e. The summed E-state index contributed by atoms with van der Waals surface area (Å²) in [6.07, 6.45) is 2.24. The number of hydrogen-bond donors (Lipinski definition) is 2. The first-order valence-electron chi connectivity index (χ1n) is 8.07. The molecule has 0 amide bonds. The summed E-state index contributed by atoms with van der Waals surface area (Å²) in [4.78, 5) is 6.72. The second-order valence-corrected chi connectivity index (χ2v) is 5.68. The Bertz CT molecular complexity index is 455. The van der Waals surface area contributed by atoms with Gasteiger partial charge >= 0.3 is 0 Å². The maximum atomic E-state index is 5.25. The van der Waals surface area contributed by atoms with Crippen molar-refractivity contribution in [1.29, 1.82) is 0 Å². The van der Waals surface area contributed by atoms with E-state index in [-0.39, 0.29) is 24.0 Å². The van der Waals surface area contributed by atoms with Crippen LogP contribution in [0.1, 0.15) is 12.8 Å². The van der Waals surface area contributed by atoms with Gasteiger partial charge in [-0.1, -0.05) is 18.2 Å². The van der Waals surface area contributed by atoms with E-state index in [2.05, 4.69) is 32.7 Å². The summed E-state index contributed by atoms with van der Waals surface area (Å²) in [5, 5.41) is 6.88. The number of aliphatic imine (C=N–C) groups is 1. The fraction of sp³-hybridized carbons (Fsp3) is 0.588.